The van der Waals surface area contributed by atoms with Gasteiger partial charge in [-0.25, -0.2) is 8.78 Å². The molecule has 0 saturated carbocycles. The van der Waals surface area contributed by atoms with Crippen molar-refractivity contribution in [3.8, 4) is 0 Å². The van der Waals surface area contributed by atoms with E-state index < -0.39 is 11.6 Å². The predicted molar refractivity (Wildman–Crippen MR) is 41.1 cm³/mol. The minimum absolute atomic E-state index is 0.230. The fourth-order valence-corrected chi connectivity index (χ4v) is 1.03. The van der Waals surface area contributed by atoms with Gasteiger partial charge in [-0.1, -0.05) is 0 Å². The smallest absolute Gasteiger partial charge is 0.160 e. The number of benzene rings is 1. The highest BCUT2D eigenvalue weighted by molar-refractivity contribution is 5.95. The summed E-state index contributed by atoms with van der Waals surface area (Å²) < 4.78 is 25.1. The van der Waals surface area contributed by atoms with Gasteiger partial charge in [0.25, 0.3) is 0 Å². The van der Waals surface area contributed by atoms with E-state index in [0.29, 0.717) is 5.56 Å². The first-order valence-corrected chi connectivity index (χ1v) is 3.49. The van der Waals surface area contributed by atoms with Crippen LogP contribution in [0.5, 0.6) is 0 Å². The maximum absolute atomic E-state index is 12.6. The monoisotopic (exact) mass is 170 g/mol. The molecule has 1 nitrogen and oxygen atoms in total. The van der Waals surface area contributed by atoms with Gasteiger partial charge in [0, 0.05) is 5.56 Å². The van der Waals surface area contributed by atoms with Crippen LogP contribution in [0, 0.1) is 18.6 Å². The van der Waals surface area contributed by atoms with E-state index in [4.69, 9.17) is 0 Å². The second-order valence-corrected chi connectivity index (χ2v) is 2.64. The van der Waals surface area contributed by atoms with Gasteiger partial charge < -0.3 is 0 Å². The molecule has 1 rings (SSSR count). The highest BCUT2D eigenvalue weighted by Crippen LogP contribution is 2.14. The Morgan fingerprint density at radius 3 is 2.25 bits per heavy atom. The van der Waals surface area contributed by atoms with Gasteiger partial charge in [-0.2, -0.15) is 0 Å². The number of aryl methyl sites for hydroxylation is 1. The van der Waals surface area contributed by atoms with Crippen LogP contribution in [0.1, 0.15) is 22.8 Å². The van der Waals surface area contributed by atoms with Crippen LogP contribution in [0.2, 0.25) is 0 Å². The largest absolute Gasteiger partial charge is 0.294 e. The number of Topliss-reactive ketones (excluding diaryl/α,β-unsaturated/α-hetero) is 1. The number of carbonyl (C=O) groups is 1. The highest BCUT2D eigenvalue weighted by atomic mass is 19.2. The average molecular weight is 170 g/mol. The Morgan fingerprint density at radius 2 is 1.75 bits per heavy atom. The second kappa shape index (κ2) is 3.01. The SMILES string of the molecule is CC(=O)c1cc(F)c(F)cc1C. The lowest BCUT2D eigenvalue weighted by Gasteiger charge is -2.01. The van der Waals surface area contributed by atoms with Crippen LogP contribution in [0.25, 0.3) is 0 Å². The van der Waals surface area contributed by atoms with Gasteiger partial charge in [0.15, 0.2) is 17.4 Å². The summed E-state index contributed by atoms with van der Waals surface area (Å²) in [6.45, 7) is 2.89. The van der Waals surface area contributed by atoms with E-state index >= 15 is 0 Å². The fraction of sp³-hybridized carbons (Fsp3) is 0.222. The molecule has 0 bridgehead atoms. The van der Waals surface area contributed by atoms with Crippen molar-refractivity contribution in [2.24, 2.45) is 0 Å². The van der Waals surface area contributed by atoms with Crippen molar-refractivity contribution in [1.29, 1.82) is 0 Å². The number of carbonyl (C=O) groups excluding carboxylic acids is 1. The van der Waals surface area contributed by atoms with Crippen molar-refractivity contribution in [2.75, 3.05) is 0 Å². The van der Waals surface area contributed by atoms with Crippen molar-refractivity contribution in [2.45, 2.75) is 13.8 Å². The summed E-state index contributed by atoms with van der Waals surface area (Å²) in [5.74, 6) is -2.16. The molecular formula is C9H8F2O. The molecule has 0 amide bonds. The van der Waals surface area contributed by atoms with E-state index in [1.54, 1.807) is 6.92 Å². The quantitative estimate of drug-likeness (QED) is 0.592. The Bertz CT molecular complexity index is 332. The van der Waals surface area contributed by atoms with Gasteiger partial charge in [0.05, 0.1) is 0 Å². The third-order valence-electron chi connectivity index (χ3n) is 1.65. The highest BCUT2D eigenvalue weighted by Gasteiger charge is 2.09. The van der Waals surface area contributed by atoms with Crippen LogP contribution in [0.15, 0.2) is 12.1 Å². The first-order chi connectivity index (χ1) is 5.52. The third kappa shape index (κ3) is 1.49. The molecule has 0 unspecified atom stereocenters. The van der Waals surface area contributed by atoms with E-state index in [2.05, 4.69) is 0 Å². The van der Waals surface area contributed by atoms with Crippen molar-refractivity contribution in [3.63, 3.8) is 0 Å². The van der Waals surface area contributed by atoms with Crippen LogP contribution >= 0.6 is 0 Å². The Hall–Kier alpha value is -1.25. The zero-order valence-corrected chi connectivity index (χ0v) is 6.82. The summed E-state index contributed by atoms with van der Waals surface area (Å²) >= 11 is 0. The maximum atomic E-state index is 12.6. The summed E-state index contributed by atoms with van der Waals surface area (Å²) in [6, 6.07) is 1.94. The molecule has 0 spiro atoms. The molecule has 1 aromatic rings. The molecule has 0 saturated heterocycles. The maximum Gasteiger partial charge on any atom is 0.160 e. The second-order valence-electron chi connectivity index (χ2n) is 2.64. The molecule has 0 heterocycles. The Balaban J connectivity index is 3.33. The predicted octanol–water partition coefficient (Wildman–Crippen LogP) is 2.48. The van der Waals surface area contributed by atoms with E-state index in [-0.39, 0.29) is 11.3 Å². The molecule has 1 aromatic carbocycles. The van der Waals surface area contributed by atoms with E-state index in [9.17, 15) is 13.6 Å². The van der Waals surface area contributed by atoms with Crippen molar-refractivity contribution >= 4 is 5.78 Å². The number of hydrogen-bond donors (Lipinski definition) is 0. The summed E-state index contributed by atoms with van der Waals surface area (Å²) in [7, 11) is 0. The number of ketones is 1. The fourth-order valence-electron chi connectivity index (χ4n) is 1.03. The van der Waals surface area contributed by atoms with Crippen LogP contribution < -0.4 is 0 Å². The summed E-state index contributed by atoms with van der Waals surface area (Å²) in [6.07, 6.45) is 0. The van der Waals surface area contributed by atoms with Crippen LogP contribution in [-0.4, -0.2) is 5.78 Å². The van der Waals surface area contributed by atoms with Gasteiger partial charge in [-0.05, 0) is 31.5 Å². The number of halogens is 2. The lowest BCUT2D eigenvalue weighted by atomic mass is 10.1. The molecule has 0 aromatic heterocycles. The molecular weight excluding hydrogens is 162 g/mol. The van der Waals surface area contributed by atoms with E-state index in [0.717, 1.165) is 12.1 Å². The van der Waals surface area contributed by atoms with Gasteiger partial charge in [-0.3, -0.25) is 4.79 Å². The molecule has 0 aliphatic rings. The zero-order valence-electron chi connectivity index (χ0n) is 6.82. The molecule has 0 fully saturated rings. The van der Waals surface area contributed by atoms with E-state index in [1.165, 1.54) is 6.92 Å². The van der Waals surface area contributed by atoms with Crippen molar-refractivity contribution < 1.29 is 13.6 Å². The first kappa shape index (κ1) is 8.84. The summed E-state index contributed by atoms with van der Waals surface area (Å²) in [5.41, 5.74) is 0.690. The Morgan fingerprint density at radius 1 is 1.25 bits per heavy atom. The van der Waals surface area contributed by atoms with Gasteiger partial charge >= 0.3 is 0 Å². The molecule has 0 N–H and O–H groups in total. The molecule has 3 heteroatoms. The van der Waals surface area contributed by atoms with Crippen LogP contribution in [0.3, 0.4) is 0 Å². The Kier molecular flexibility index (Phi) is 2.22. The van der Waals surface area contributed by atoms with Crippen molar-refractivity contribution in [3.05, 3.63) is 34.9 Å². The average Bonchev–Trinajstić information content (AvgIpc) is 1.96. The normalized spacial score (nSPS) is 10.0. The minimum atomic E-state index is -0.981. The van der Waals surface area contributed by atoms with Crippen molar-refractivity contribution in [1.82, 2.24) is 0 Å². The topological polar surface area (TPSA) is 17.1 Å². The Labute approximate surface area is 69.0 Å². The molecule has 0 aliphatic heterocycles. The number of rotatable bonds is 1. The van der Waals surface area contributed by atoms with Gasteiger partial charge in [0.2, 0.25) is 0 Å². The molecule has 0 atom stereocenters. The lowest BCUT2D eigenvalue weighted by molar-refractivity contribution is 0.101. The summed E-state index contributed by atoms with van der Waals surface area (Å²) in [5, 5.41) is 0. The van der Waals surface area contributed by atoms with E-state index in [1.807, 2.05) is 0 Å². The molecule has 12 heavy (non-hydrogen) atoms. The molecule has 0 aliphatic carbocycles. The standard InChI is InChI=1S/C9H8F2O/c1-5-3-8(10)9(11)4-7(5)6(2)12/h3-4H,1-2H3. The molecule has 64 valence electrons. The lowest BCUT2D eigenvalue weighted by Crippen LogP contribution is -1.99. The van der Waals surface area contributed by atoms with Gasteiger partial charge in [-0.15, -0.1) is 0 Å². The van der Waals surface area contributed by atoms with Crippen LogP contribution in [-0.2, 0) is 0 Å². The molecule has 0 radical (unpaired) electrons. The van der Waals surface area contributed by atoms with Gasteiger partial charge in [0.1, 0.15) is 0 Å². The third-order valence-corrected chi connectivity index (χ3v) is 1.65. The number of hydrogen-bond acceptors (Lipinski definition) is 1. The first-order valence-electron chi connectivity index (χ1n) is 3.49. The minimum Gasteiger partial charge on any atom is -0.294 e. The zero-order chi connectivity index (χ0) is 9.30. The van der Waals surface area contributed by atoms with Crippen LogP contribution in [0.4, 0.5) is 8.78 Å². The summed E-state index contributed by atoms with van der Waals surface area (Å²) in [4.78, 5) is 10.8.